The maximum absolute atomic E-state index is 15.3. The summed E-state index contributed by atoms with van der Waals surface area (Å²) in [5.41, 5.74) is 4.44. The minimum atomic E-state index is -0.808. The summed E-state index contributed by atoms with van der Waals surface area (Å²) in [6.07, 6.45) is 5.28. The second-order valence-corrected chi connectivity index (χ2v) is 11.5. The zero-order chi connectivity index (χ0) is 25.4. The molecule has 2 aromatic carbocycles. The van der Waals surface area contributed by atoms with Crippen molar-refractivity contribution in [3.8, 4) is 17.2 Å². The van der Waals surface area contributed by atoms with E-state index in [9.17, 15) is 10.1 Å². The van der Waals surface area contributed by atoms with Crippen molar-refractivity contribution in [2.24, 2.45) is 23.7 Å². The molecule has 2 fully saturated rings. The summed E-state index contributed by atoms with van der Waals surface area (Å²) in [6, 6.07) is 13.7. The molecule has 0 amide bonds. The van der Waals surface area contributed by atoms with Crippen LogP contribution < -0.4 is 0 Å². The molecular weight excluding hydrogens is 451 g/mol. The molecule has 2 aliphatic heterocycles. The van der Waals surface area contributed by atoms with Crippen LogP contribution in [0.25, 0.3) is 11.1 Å². The number of rotatable bonds is 6. The first-order chi connectivity index (χ1) is 17.3. The zero-order valence-corrected chi connectivity index (χ0v) is 21.7. The van der Waals surface area contributed by atoms with E-state index in [2.05, 4.69) is 37.1 Å². The predicted molar refractivity (Wildman–Crippen MR) is 139 cm³/mol. The molecule has 1 saturated heterocycles. The van der Waals surface area contributed by atoms with Crippen LogP contribution in [0, 0.1) is 40.8 Å². The van der Waals surface area contributed by atoms with E-state index in [-0.39, 0.29) is 29.5 Å². The van der Waals surface area contributed by atoms with Gasteiger partial charge in [0.2, 0.25) is 0 Å². The SMILES string of the molecule is CC(C(=O)[C@H](C#N)Cc1ccc(-c2ccc3c(c2)C2(CCN(C)CC2)OC3)cc1F)[C@H]1CC[C@@H](C)C1. The van der Waals surface area contributed by atoms with E-state index < -0.39 is 5.92 Å². The van der Waals surface area contributed by atoms with Gasteiger partial charge < -0.3 is 9.64 Å². The van der Waals surface area contributed by atoms with Gasteiger partial charge in [0.15, 0.2) is 5.78 Å². The monoisotopic (exact) mass is 488 g/mol. The minimum absolute atomic E-state index is 0.0397. The molecule has 1 unspecified atom stereocenters. The number of nitriles is 1. The topological polar surface area (TPSA) is 53.3 Å². The van der Waals surface area contributed by atoms with Crippen LogP contribution in [-0.2, 0) is 28.2 Å². The number of ether oxygens (including phenoxy) is 1. The van der Waals surface area contributed by atoms with Gasteiger partial charge in [0, 0.05) is 19.0 Å². The Morgan fingerprint density at radius 1 is 1.19 bits per heavy atom. The molecule has 5 heteroatoms. The van der Waals surface area contributed by atoms with Crippen molar-refractivity contribution >= 4 is 5.78 Å². The van der Waals surface area contributed by atoms with Crippen LogP contribution in [0.5, 0.6) is 0 Å². The first-order valence-corrected chi connectivity index (χ1v) is 13.5. The minimum Gasteiger partial charge on any atom is -0.365 e. The molecule has 0 aromatic heterocycles. The highest BCUT2D eigenvalue weighted by Crippen LogP contribution is 2.45. The summed E-state index contributed by atoms with van der Waals surface area (Å²) in [7, 11) is 2.14. The van der Waals surface area contributed by atoms with Crippen molar-refractivity contribution in [3.05, 3.63) is 58.9 Å². The lowest BCUT2D eigenvalue weighted by atomic mass is 9.81. The lowest BCUT2D eigenvalue weighted by Crippen LogP contribution is -2.40. The van der Waals surface area contributed by atoms with Gasteiger partial charge in [0.1, 0.15) is 11.7 Å². The fraction of sp³-hybridized carbons (Fsp3) is 0.548. The number of benzene rings is 2. The number of hydrogen-bond donors (Lipinski definition) is 0. The van der Waals surface area contributed by atoms with Crippen LogP contribution in [0.1, 0.15) is 62.6 Å². The number of nitrogens with zero attached hydrogens (tertiary/aromatic N) is 2. The summed E-state index contributed by atoms with van der Waals surface area (Å²) in [4.78, 5) is 15.4. The first-order valence-electron chi connectivity index (χ1n) is 13.5. The van der Waals surface area contributed by atoms with E-state index in [0.717, 1.165) is 56.3 Å². The third-order valence-electron chi connectivity index (χ3n) is 9.10. The van der Waals surface area contributed by atoms with Gasteiger partial charge in [-0.25, -0.2) is 4.39 Å². The van der Waals surface area contributed by atoms with E-state index in [1.54, 1.807) is 12.1 Å². The van der Waals surface area contributed by atoms with E-state index in [0.29, 0.717) is 24.0 Å². The van der Waals surface area contributed by atoms with Crippen molar-refractivity contribution in [2.45, 2.75) is 64.6 Å². The number of piperidine rings is 1. The van der Waals surface area contributed by atoms with Crippen molar-refractivity contribution in [1.29, 1.82) is 5.26 Å². The van der Waals surface area contributed by atoms with Gasteiger partial charge in [-0.05, 0) is 90.9 Å². The molecule has 2 heterocycles. The highest BCUT2D eigenvalue weighted by Gasteiger charge is 2.42. The van der Waals surface area contributed by atoms with Gasteiger partial charge in [-0.2, -0.15) is 5.26 Å². The van der Waals surface area contributed by atoms with Gasteiger partial charge in [-0.15, -0.1) is 0 Å². The maximum atomic E-state index is 15.3. The summed E-state index contributed by atoms with van der Waals surface area (Å²) in [5, 5.41) is 9.74. The molecule has 0 radical (unpaired) electrons. The molecule has 190 valence electrons. The Hall–Kier alpha value is -2.55. The van der Waals surface area contributed by atoms with Gasteiger partial charge in [-0.1, -0.05) is 44.5 Å². The molecule has 4 atom stereocenters. The molecule has 1 aliphatic carbocycles. The van der Waals surface area contributed by atoms with Crippen LogP contribution in [0.2, 0.25) is 0 Å². The molecule has 1 saturated carbocycles. The molecule has 2 aromatic rings. The third-order valence-corrected chi connectivity index (χ3v) is 9.10. The van der Waals surface area contributed by atoms with E-state index in [1.165, 1.54) is 11.1 Å². The Labute approximate surface area is 214 Å². The molecule has 4 nitrogen and oxygen atoms in total. The lowest BCUT2D eigenvalue weighted by molar-refractivity contribution is -0.126. The highest BCUT2D eigenvalue weighted by atomic mass is 19.1. The van der Waals surface area contributed by atoms with E-state index in [4.69, 9.17) is 4.74 Å². The largest absolute Gasteiger partial charge is 0.365 e. The second kappa shape index (κ2) is 10.1. The molecule has 1 spiro atoms. The fourth-order valence-corrected chi connectivity index (χ4v) is 6.57. The van der Waals surface area contributed by atoms with Crippen LogP contribution >= 0.6 is 0 Å². The summed E-state index contributed by atoms with van der Waals surface area (Å²) in [6.45, 7) is 6.81. The Morgan fingerprint density at radius 2 is 1.92 bits per heavy atom. The number of Topliss-reactive ketones (excluding diaryl/α,β-unsaturated/α-hetero) is 1. The van der Waals surface area contributed by atoms with Crippen LogP contribution in [-0.4, -0.2) is 30.8 Å². The van der Waals surface area contributed by atoms with Gasteiger partial charge in [-0.3, -0.25) is 4.79 Å². The van der Waals surface area contributed by atoms with Crippen molar-refractivity contribution in [3.63, 3.8) is 0 Å². The zero-order valence-electron chi connectivity index (χ0n) is 21.7. The Morgan fingerprint density at radius 3 is 2.58 bits per heavy atom. The second-order valence-electron chi connectivity index (χ2n) is 11.5. The molecule has 0 bridgehead atoms. The number of likely N-dealkylation sites (tertiary alicyclic amines) is 1. The van der Waals surface area contributed by atoms with E-state index in [1.807, 2.05) is 19.1 Å². The van der Waals surface area contributed by atoms with Crippen LogP contribution in [0.4, 0.5) is 4.39 Å². The number of halogens is 1. The number of hydrogen-bond acceptors (Lipinski definition) is 4. The first kappa shape index (κ1) is 25.1. The number of carbonyl (C=O) groups is 1. The van der Waals surface area contributed by atoms with Gasteiger partial charge in [0.05, 0.1) is 18.3 Å². The van der Waals surface area contributed by atoms with Crippen LogP contribution in [0.3, 0.4) is 0 Å². The molecule has 36 heavy (non-hydrogen) atoms. The number of ketones is 1. The summed E-state index contributed by atoms with van der Waals surface area (Å²) in [5.74, 6) is -0.376. The standard InChI is InChI=1S/C31H37FN2O2/c1-20-4-5-22(14-20)21(2)30(35)27(18-33)15-25-8-6-24(17-29(25)32)23-7-9-26-19-36-31(28(26)16-23)10-12-34(3)13-11-31/h6-9,16-17,20-22,27H,4-5,10-15,19H2,1-3H3/t20-,21?,22+,27+/m1/s1. The molecule has 3 aliphatic rings. The Bertz CT molecular complexity index is 1180. The molecule has 0 N–H and O–H groups in total. The molecular formula is C31H37FN2O2. The number of carbonyl (C=O) groups excluding carboxylic acids is 1. The van der Waals surface area contributed by atoms with E-state index >= 15 is 4.39 Å². The highest BCUT2D eigenvalue weighted by molar-refractivity contribution is 5.86. The van der Waals surface area contributed by atoms with Crippen molar-refractivity contribution < 1.29 is 13.9 Å². The predicted octanol–water partition coefficient (Wildman–Crippen LogP) is 6.27. The fourth-order valence-electron chi connectivity index (χ4n) is 6.57. The normalized spacial score (nSPS) is 24.9. The molecule has 5 rings (SSSR count). The van der Waals surface area contributed by atoms with Gasteiger partial charge in [0.25, 0.3) is 0 Å². The van der Waals surface area contributed by atoms with Crippen LogP contribution in [0.15, 0.2) is 36.4 Å². The van der Waals surface area contributed by atoms with Crippen molar-refractivity contribution in [2.75, 3.05) is 20.1 Å². The average molecular weight is 489 g/mol. The third kappa shape index (κ3) is 4.74. The quantitative estimate of drug-likeness (QED) is 0.481. The van der Waals surface area contributed by atoms with Gasteiger partial charge >= 0.3 is 0 Å². The average Bonchev–Trinajstić information content (AvgIpc) is 3.48. The van der Waals surface area contributed by atoms with Crippen molar-refractivity contribution in [1.82, 2.24) is 4.90 Å². The summed E-state index contributed by atoms with van der Waals surface area (Å²) < 4.78 is 21.6. The smallest absolute Gasteiger partial charge is 0.153 e. The number of fused-ring (bicyclic) bond motifs is 2. The maximum Gasteiger partial charge on any atom is 0.153 e. The Kier molecular flexibility index (Phi) is 7.03. The lowest BCUT2D eigenvalue weighted by Gasteiger charge is -2.37. The summed E-state index contributed by atoms with van der Waals surface area (Å²) >= 11 is 0. The Balaban J connectivity index is 1.33.